The number of nitrogens with zero attached hydrogens (tertiary/aromatic N) is 2. The van der Waals surface area contributed by atoms with E-state index in [2.05, 4.69) is 14.9 Å². The van der Waals surface area contributed by atoms with Crippen LogP contribution in [0.4, 0.5) is 10.2 Å². The van der Waals surface area contributed by atoms with E-state index in [-0.39, 0.29) is 5.82 Å². The molecule has 0 amide bonds. The summed E-state index contributed by atoms with van der Waals surface area (Å²) in [4.78, 5) is -0.421. The summed E-state index contributed by atoms with van der Waals surface area (Å²) in [6.45, 7) is 1.70. The lowest BCUT2D eigenvalue weighted by Gasteiger charge is -2.07. The van der Waals surface area contributed by atoms with E-state index in [1.165, 1.54) is 18.2 Å². The van der Waals surface area contributed by atoms with Crippen molar-refractivity contribution < 1.29 is 12.8 Å². The Morgan fingerprint density at radius 2 is 2.21 bits per heavy atom. The lowest BCUT2D eigenvalue weighted by Crippen LogP contribution is -2.15. The molecule has 0 saturated carbocycles. The zero-order valence-corrected chi connectivity index (χ0v) is 10.6. The maximum atomic E-state index is 13.4. The summed E-state index contributed by atoms with van der Waals surface area (Å²) in [7, 11) is -4.06. The van der Waals surface area contributed by atoms with Crippen molar-refractivity contribution in [2.75, 3.05) is 4.72 Å². The Labute approximate surface area is 108 Å². The normalized spacial score (nSPS) is 11.0. The van der Waals surface area contributed by atoms with Gasteiger partial charge in [-0.05, 0) is 19.1 Å². The topological polar surface area (TPSA) is 98.6 Å². The molecule has 6 nitrogen and oxygen atoms in total. The first-order valence-corrected chi connectivity index (χ1v) is 6.66. The summed E-state index contributed by atoms with van der Waals surface area (Å²) < 4.78 is 39.7. The fourth-order valence-corrected chi connectivity index (χ4v) is 2.66. The van der Waals surface area contributed by atoms with Crippen LogP contribution in [0.3, 0.4) is 0 Å². The van der Waals surface area contributed by atoms with Gasteiger partial charge in [-0.25, -0.2) is 12.8 Å². The molecule has 0 aliphatic carbocycles. The maximum Gasteiger partial charge on any atom is 0.264 e. The van der Waals surface area contributed by atoms with Crippen LogP contribution < -0.4 is 4.72 Å². The third-order valence-electron chi connectivity index (χ3n) is 2.32. The van der Waals surface area contributed by atoms with Gasteiger partial charge in [-0.3, -0.25) is 9.82 Å². The van der Waals surface area contributed by atoms with Crippen LogP contribution >= 0.6 is 0 Å². The van der Waals surface area contributed by atoms with E-state index in [9.17, 15) is 12.8 Å². The number of rotatable bonds is 3. The van der Waals surface area contributed by atoms with E-state index >= 15 is 0 Å². The van der Waals surface area contributed by atoms with Crippen LogP contribution in [-0.4, -0.2) is 18.6 Å². The Morgan fingerprint density at radius 3 is 2.79 bits per heavy atom. The van der Waals surface area contributed by atoms with Gasteiger partial charge in [0.1, 0.15) is 22.3 Å². The number of benzene rings is 1. The van der Waals surface area contributed by atoms with Gasteiger partial charge in [-0.1, -0.05) is 6.07 Å². The monoisotopic (exact) mass is 280 g/mol. The van der Waals surface area contributed by atoms with Crippen molar-refractivity contribution in [3.05, 3.63) is 41.3 Å². The molecule has 19 heavy (non-hydrogen) atoms. The summed E-state index contributed by atoms with van der Waals surface area (Å²) in [5, 5.41) is 15.1. The van der Waals surface area contributed by atoms with Gasteiger partial charge >= 0.3 is 0 Å². The average molecular weight is 280 g/mol. The van der Waals surface area contributed by atoms with Gasteiger partial charge in [-0.15, -0.1) is 0 Å². The number of halogens is 1. The van der Waals surface area contributed by atoms with Crippen LogP contribution in [0.1, 0.15) is 11.3 Å². The number of hydrogen-bond donors (Lipinski definition) is 2. The summed E-state index contributed by atoms with van der Waals surface area (Å²) in [5.74, 6) is -0.811. The van der Waals surface area contributed by atoms with Gasteiger partial charge in [0.05, 0.1) is 0 Å². The van der Waals surface area contributed by atoms with Crippen LogP contribution in [0.15, 0.2) is 29.2 Å². The SMILES string of the molecule is Cc1cc(NS(=O)(=O)c2cccc(F)c2C#N)n[nH]1. The molecule has 0 atom stereocenters. The minimum absolute atomic E-state index is 0.0747. The average Bonchev–Trinajstić information content (AvgIpc) is 2.73. The highest BCUT2D eigenvalue weighted by Crippen LogP contribution is 2.20. The minimum Gasteiger partial charge on any atom is -0.281 e. The second-order valence-corrected chi connectivity index (χ2v) is 5.42. The molecule has 8 heteroatoms. The largest absolute Gasteiger partial charge is 0.281 e. The van der Waals surface area contributed by atoms with Crippen LogP contribution in [0.5, 0.6) is 0 Å². The molecular weight excluding hydrogens is 271 g/mol. The fourth-order valence-electron chi connectivity index (χ4n) is 1.50. The lowest BCUT2D eigenvalue weighted by molar-refractivity contribution is 0.593. The third-order valence-corrected chi connectivity index (χ3v) is 3.72. The number of hydrogen-bond acceptors (Lipinski definition) is 4. The van der Waals surface area contributed by atoms with E-state index < -0.39 is 26.3 Å². The molecule has 0 bridgehead atoms. The molecule has 2 N–H and O–H groups in total. The number of H-pyrrole nitrogens is 1. The van der Waals surface area contributed by atoms with Crippen molar-refractivity contribution in [3.63, 3.8) is 0 Å². The zero-order valence-electron chi connectivity index (χ0n) is 9.81. The Bertz CT molecular complexity index is 761. The van der Waals surface area contributed by atoms with E-state index in [4.69, 9.17) is 5.26 Å². The Hall–Kier alpha value is -2.40. The fraction of sp³-hybridized carbons (Fsp3) is 0.0909. The van der Waals surface area contributed by atoms with Gasteiger partial charge < -0.3 is 0 Å². The highest BCUT2D eigenvalue weighted by Gasteiger charge is 2.22. The standard InChI is InChI=1S/C11H9FN4O2S/c1-7-5-11(15-14-7)16-19(17,18)10-4-2-3-9(12)8(10)6-13/h2-5H,1H3,(H2,14,15,16). The predicted molar refractivity (Wildman–Crippen MR) is 65.2 cm³/mol. The lowest BCUT2D eigenvalue weighted by atomic mass is 10.2. The number of aromatic amines is 1. The molecule has 2 aromatic rings. The van der Waals surface area contributed by atoms with Crippen molar-refractivity contribution in [3.8, 4) is 6.07 Å². The highest BCUT2D eigenvalue weighted by molar-refractivity contribution is 7.92. The number of nitrogens with one attached hydrogen (secondary N) is 2. The number of aromatic nitrogens is 2. The molecule has 2 rings (SSSR count). The van der Waals surface area contributed by atoms with Crippen molar-refractivity contribution in [1.82, 2.24) is 10.2 Å². The highest BCUT2D eigenvalue weighted by atomic mass is 32.2. The predicted octanol–water partition coefficient (Wildman–Crippen LogP) is 1.53. The maximum absolute atomic E-state index is 13.4. The molecule has 0 spiro atoms. The Morgan fingerprint density at radius 1 is 1.47 bits per heavy atom. The molecule has 1 aromatic carbocycles. The van der Waals surface area contributed by atoms with Gasteiger partial charge in [0.15, 0.2) is 5.82 Å². The molecule has 0 aliphatic heterocycles. The number of aryl methyl sites for hydroxylation is 1. The van der Waals surface area contributed by atoms with Gasteiger partial charge in [0, 0.05) is 11.8 Å². The van der Waals surface area contributed by atoms with Gasteiger partial charge in [0.2, 0.25) is 0 Å². The number of anilines is 1. The van der Waals surface area contributed by atoms with Crippen molar-refractivity contribution in [2.45, 2.75) is 11.8 Å². The summed E-state index contributed by atoms with van der Waals surface area (Å²) in [5.41, 5.74) is 0.139. The van der Waals surface area contributed by atoms with E-state index in [1.54, 1.807) is 6.92 Å². The second-order valence-electron chi connectivity index (χ2n) is 3.77. The first kappa shape index (κ1) is 13.0. The summed E-state index contributed by atoms with van der Waals surface area (Å²) in [6.07, 6.45) is 0. The van der Waals surface area contributed by atoms with E-state index in [0.29, 0.717) is 5.69 Å². The molecule has 1 aromatic heterocycles. The molecular formula is C11H9FN4O2S. The second kappa shape index (κ2) is 4.70. The van der Waals surface area contributed by atoms with Crippen molar-refractivity contribution >= 4 is 15.8 Å². The summed E-state index contributed by atoms with van der Waals surface area (Å²) >= 11 is 0. The molecule has 0 aliphatic rings. The molecule has 0 radical (unpaired) electrons. The van der Waals surface area contributed by atoms with Crippen molar-refractivity contribution in [1.29, 1.82) is 5.26 Å². The third kappa shape index (κ3) is 2.56. The first-order chi connectivity index (χ1) is 8.94. The quantitative estimate of drug-likeness (QED) is 0.890. The van der Waals surface area contributed by atoms with Gasteiger partial charge in [-0.2, -0.15) is 10.4 Å². The van der Waals surface area contributed by atoms with Crippen LogP contribution in [0.25, 0.3) is 0 Å². The Balaban J connectivity index is 2.46. The van der Waals surface area contributed by atoms with Gasteiger partial charge in [0.25, 0.3) is 10.0 Å². The molecule has 1 heterocycles. The molecule has 0 fully saturated rings. The van der Waals surface area contributed by atoms with E-state index in [0.717, 1.165) is 12.1 Å². The first-order valence-electron chi connectivity index (χ1n) is 5.17. The molecule has 0 unspecified atom stereocenters. The van der Waals surface area contributed by atoms with Crippen molar-refractivity contribution in [2.24, 2.45) is 0 Å². The molecule has 98 valence electrons. The molecule has 0 saturated heterocycles. The number of sulfonamides is 1. The smallest absolute Gasteiger partial charge is 0.264 e. The minimum atomic E-state index is -4.06. The Kier molecular flexibility index (Phi) is 3.23. The van der Waals surface area contributed by atoms with Crippen LogP contribution in [-0.2, 0) is 10.0 Å². The van der Waals surface area contributed by atoms with Crippen LogP contribution in [0, 0.1) is 24.1 Å². The van der Waals surface area contributed by atoms with Crippen LogP contribution in [0.2, 0.25) is 0 Å². The zero-order chi connectivity index (χ0) is 14.0. The number of nitriles is 1. The summed E-state index contributed by atoms with van der Waals surface area (Å²) in [6, 6.07) is 6.42. The van der Waals surface area contributed by atoms with E-state index in [1.807, 2.05) is 0 Å².